The molecule has 5 nitrogen and oxygen atoms in total. The third kappa shape index (κ3) is 4.25. The van der Waals surface area contributed by atoms with Crippen LogP contribution in [-0.4, -0.2) is 50.4 Å². The Kier molecular flexibility index (Phi) is 5.48. The third-order valence-corrected chi connectivity index (χ3v) is 3.89. The molecule has 0 spiro atoms. The van der Waals surface area contributed by atoms with Crippen molar-refractivity contribution < 1.29 is 22.8 Å². The molecule has 1 unspecified atom stereocenters. The Morgan fingerprint density at radius 1 is 1.29 bits per heavy atom. The van der Waals surface area contributed by atoms with Gasteiger partial charge < -0.3 is 15.1 Å². The molecule has 1 aliphatic heterocycles. The summed E-state index contributed by atoms with van der Waals surface area (Å²) in [5.41, 5.74) is -0.396. The maximum Gasteiger partial charge on any atom is 0.416 e. The maximum absolute atomic E-state index is 12.6. The lowest BCUT2D eigenvalue weighted by molar-refractivity contribution is -0.137. The van der Waals surface area contributed by atoms with Crippen molar-refractivity contribution in [1.29, 1.82) is 0 Å². The maximum atomic E-state index is 12.6. The summed E-state index contributed by atoms with van der Waals surface area (Å²) in [5, 5.41) is 2.71. The molecule has 24 heavy (non-hydrogen) atoms. The van der Waals surface area contributed by atoms with Gasteiger partial charge in [0.1, 0.15) is 5.92 Å². The number of nitrogens with one attached hydrogen (secondary N) is 1. The summed E-state index contributed by atoms with van der Waals surface area (Å²) >= 11 is 0. The van der Waals surface area contributed by atoms with Crippen LogP contribution in [0.3, 0.4) is 0 Å². The Hall–Kier alpha value is -2.09. The molecular formula is C16H20F3N3O2. The number of alkyl halides is 3. The zero-order valence-electron chi connectivity index (χ0n) is 13.6. The first-order chi connectivity index (χ1) is 11.2. The van der Waals surface area contributed by atoms with Gasteiger partial charge in [0.25, 0.3) is 0 Å². The fourth-order valence-electron chi connectivity index (χ4n) is 2.54. The highest BCUT2D eigenvalue weighted by molar-refractivity contribution is 6.09. The van der Waals surface area contributed by atoms with Gasteiger partial charge in [0.15, 0.2) is 0 Å². The van der Waals surface area contributed by atoms with E-state index < -0.39 is 17.7 Å². The second-order valence-corrected chi connectivity index (χ2v) is 5.97. The topological polar surface area (TPSA) is 52.7 Å². The highest BCUT2D eigenvalue weighted by atomic mass is 19.4. The predicted octanol–water partition coefficient (Wildman–Crippen LogP) is 1.74. The number of amides is 2. The number of anilines is 1. The molecule has 2 rings (SSSR count). The van der Waals surface area contributed by atoms with Gasteiger partial charge in [-0.25, -0.2) is 0 Å². The van der Waals surface area contributed by atoms with Crippen LogP contribution in [0, 0.1) is 5.92 Å². The fraction of sp³-hybridized carbons (Fsp3) is 0.500. The molecule has 1 atom stereocenters. The molecule has 1 saturated heterocycles. The molecule has 0 aliphatic carbocycles. The Morgan fingerprint density at radius 2 is 1.92 bits per heavy atom. The first kappa shape index (κ1) is 18.3. The summed E-state index contributed by atoms with van der Waals surface area (Å²) in [5.74, 6) is -1.50. The number of carbonyl (C=O) groups is 2. The molecule has 0 radical (unpaired) electrons. The van der Waals surface area contributed by atoms with Gasteiger partial charge in [-0.05, 0) is 44.8 Å². The molecule has 1 fully saturated rings. The van der Waals surface area contributed by atoms with Crippen molar-refractivity contribution in [2.75, 3.05) is 38.6 Å². The molecule has 1 aromatic rings. The van der Waals surface area contributed by atoms with E-state index in [1.54, 1.807) is 0 Å². The van der Waals surface area contributed by atoms with Gasteiger partial charge in [0.2, 0.25) is 11.8 Å². The van der Waals surface area contributed by atoms with Crippen LogP contribution in [0.1, 0.15) is 12.0 Å². The highest BCUT2D eigenvalue weighted by Gasteiger charge is 2.38. The van der Waals surface area contributed by atoms with Crippen LogP contribution in [0.4, 0.5) is 18.9 Å². The number of benzene rings is 1. The van der Waals surface area contributed by atoms with Gasteiger partial charge in [-0.2, -0.15) is 13.2 Å². The van der Waals surface area contributed by atoms with E-state index in [2.05, 4.69) is 5.32 Å². The molecule has 132 valence electrons. The Labute approximate surface area is 138 Å². The molecule has 0 saturated carbocycles. The minimum atomic E-state index is -4.41. The Bertz CT molecular complexity index is 600. The number of halogens is 3. The molecule has 2 amide bonds. The summed E-state index contributed by atoms with van der Waals surface area (Å²) in [6, 6.07) is 4.39. The zero-order chi connectivity index (χ0) is 17.9. The van der Waals surface area contributed by atoms with E-state index in [-0.39, 0.29) is 11.8 Å². The van der Waals surface area contributed by atoms with E-state index in [9.17, 15) is 22.8 Å². The molecule has 8 heteroatoms. The largest absolute Gasteiger partial charge is 0.416 e. The van der Waals surface area contributed by atoms with Crippen molar-refractivity contribution in [1.82, 2.24) is 10.2 Å². The minimum absolute atomic E-state index is 0.315. The van der Waals surface area contributed by atoms with Gasteiger partial charge in [-0.3, -0.25) is 9.59 Å². The first-order valence-electron chi connectivity index (χ1n) is 7.61. The zero-order valence-corrected chi connectivity index (χ0v) is 13.6. The van der Waals surface area contributed by atoms with E-state index in [0.29, 0.717) is 31.7 Å². The van der Waals surface area contributed by atoms with E-state index in [0.717, 1.165) is 12.1 Å². The molecular weight excluding hydrogens is 323 g/mol. The first-order valence-corrected chi connectivity index (χ1v) is 7.61. The second-order valence-electron chi connectivity index (χ2n) is 5.97. The fourth-order valence-corrected chi connectivity index (χ4v) is 2.54. The lowest BCUT2D eigenvalue weighted by Crippen LogP contribution is -2.39. The van der Waals surface area contributed by atoms with Crippen LogP contribution in [0.25, 0.3) is 0 Å². The van der Waals surface area contributed by atoms with Gasteiger partial charge in [0.05, 0.1) is 5.56 Å². The second kappa shape index (κ2) is 7.21. The molecule has 1 aliphatic rings. The highest BCUT2D eigenvalue weighted by Crippen LogP contribution is 2.32. The summed E-state index contributed by atoms with van der Waals surface area (Å²) < 4.78 is 37.7. The smallest absolute Gasteiger partial charge is 0.354 e. The van der Waals surface area contributed by atoms with Gasteiger partial charge >= 0.3 is 6.18 Å². The van der Waals surface area contributed by atoms with Crippen molar-refractivity contribution in [3.8, 4) is 0 Å². The van der Waals surface area contributed by atoms with Crippen LogP contribution < -0.4 is 10.2 Å². The van der Waals surface area contributed by atoms with Crippen LogP contribution in [0.15, 0.2) is 24.3 Å². The van der Waals surface area contributed by atoms with Gasteiger partial charge in [0, 0.05) is 25.3 Å². The van der Waals surface area contributed by atoms with Crippen LogP contribution in [0.2, 0.25) is 0 Å². The summed E-state index contributed by atoms with van der Waals surface area (Å²) in [6.45, 7) is 1.42. The van der Waals surface area contributed by atoms with Crippen molar-refractivity contribution >= 4 is 17.5 Å². The van der Waals surface area contributed by atoms with E-state index in [1.165, 1.54) is 17.0 Å². The SMILES string of the molecule is CN(C)CCNC(=O)C1CCN(c2ccc(C(F)(F)F)cc2)C1=O. The van der Waals surface area contributed by atoms with Crippen molar-refractivity contribution in [2.45, 2.75) is 12.6 Å². The summed E-state index contributed by atoms with van der Waals surface area (Å²) in [6.07, 6.45) is -4.06. The van der Waals surface area contributed by atoms with Gasteiger partial charge in [-0.15, -0.1) is 0 Å². The number of rotatable bonds is 5. The minimum Gasteiger partial charge on any atom is -0.354 e. The van der Waals surface area contributed by atoms with Crippen LogP contribution in [0.5, 0.6) is 0 Å². The van der Waals surface area contributed by atoms with Crippen molar-refractivity contribution in [3.05, 3.63) is 29.8 Å². The third-order valence-electron chi connectivity index (χ3n) is 3.89. The Balaban J connectivity index is 1.99. The predicted molar refractivity (Wildman–Crippen MR) is 83.5 cm³/mol. The number of hydrogen-bond acceptors (Lipinski definition) is 3. The lowest BCUT2D eigenvalue weighted by atomic mass is 10.1. The standard InChI is InChI=1S/C16H20F3N3O2/c1-21(2)10-8-20-14(23)13-7-9-22(15(13)24)12-5-3-11(4-6-12)16(17,18)19/h3-6,13H,7-10H2,1-2H3,(H,20,23). The molecule has 0 aromatic heterocycles. The quantitative estimate of drug-likeness (QED) is 0.829. The van der Waals surface area contributed by atoms with E-state index >= 15 is 0 Å². The number of nitrogens with zero attached hydrogens (tertiary/aromatic N) is 2. The summed E-state index contributed by atoms with van der Waals surface area (Å²) in [7, 11) is 3.75. The van der Waals surface area contributed by atoms with Crippen LogP contribution >= 0.6 is 0 Å². The number of likely N-dealkylation sites (N-methyl/N-ethyl adjacent to an activating group) is 1. The average Bonchev–Trinajstić information content (AvgIpc) is 2.88. The van der Waals surface area contributed by atoms with Crippen LogP contribution in [-0.2, 0) is 15.8 Å². The van der Waals surface area contributed by atoms with Crippen molar-refractivity contribution in [3.63, 3.8) is 0 Å². The monoisotopic (exact) mass is 343 g/mol. The normalized spacial score (nSPS) is 18.3. The number of hydrogen-bond donors (Lipinski definition) is 1. The Morgan fingerprint density at radius 3 is 2.46 bits per heavy atom. The van der Waals surface area contributed by atoms with E-state index in [4.69, 9.17) is 0 Å². The summed E-state index contributed by atoms with van der Waals surface area (Å²) in [4.78, 5) is 27.7. The lowest BCUT2D eigenvalue weighted by Gasteiger charge is -2.18. The van der Waals surface area contributed by atoms with Gasteiger partial charge in [-0.1, -0.05) is 0 Å². The molecule has 1 N–H and O–H groups in total. The van der Waals surface area contributed by atoms with E-state index in [1.807, 2.05) is 19.0 Å². The molecule has 1 aromatic carbocycles. The van der Waals surface area contributed by atoms with Crippen molar-refractivity contribution in [2.24, 2.45) is 5.92 Å². The average molecular weight is 343 g/mol. The molecule has 1 heterocycles. The molecule has 0 bridgehead atoms. The number of carbonyl (C=O) groups excluding carboxylic acids is 2.